The molecule has 0 bridgehead atoms. The zero-order chi connectivity index (χ0) is 19.9. The average Bonchev–Trinajstić information content (AvgIpc) is 2.74. The number of allylic oxidation sites excluding steroid dienone is 4. The van der Waals surface area contributed by atoms with Crippen molar-refractivity contribution >= 4 is 10.8 Å². The van der Waals surface area contributed by atoms with Crippen molar-refractivity contribution in [1.82, 2.24) is 0 Å². The van der Waals surface area contributed by atoms with Crippen LogP contribution in [0.25, 0.3) is 10.8 Å². The Kier molecular flexibility index (Phi) is 4.07. The van der Waals surface area contributed by atoms with Crippen molar-refractivity contribution in [3.8, 4) is 24.0 Å². The molecule has 28 heavy (non-hydrogen) atoms. The molecule has 0 fully saturated rings. The van der Waals surface area contributed by atoms with Crippen LogP contribution in [-0.4, -0.2) is 5.11 Å². The summed E-state index contributed by atoms with van der Waals surface area (Å²) in [5.74, 6) is -0.847. The van der Waals surface area contributed by atoms with Crippen LogP contribution in [0.1, 0.15) is 30.7 Å². The first-order valence-corrected chi connectivity index (χ1v) is 9.23. The fourth-order valence-electron chi connectivity index (χ4n) is 4.80. The maximum atomic E-state index is 10.8. The van der Waals surface area contributed by atoms with Crippen molar-refractivity contribution < 1.29 is 5.11 Å². The number of benzene rings is 2. The van der Waals surface area contributed by atoms with Crippen LogP contribution < -0.4 is 5.73 Å². The molecule has 0 spiro atoms. The van der Waals surface area contributed by atoms with Gasteiger partial charge in [-0.05, 0) is 47.6 Å². The molecule has 2 aliphatic rings. The lowest BCUT2D eigenvalue weighted by molar-refractivity contribution is 0.310. The maximum Gasteiger partial charge on any atom is 0.191 e. The Hall–Kier alpha value is -3.75. The lowest BCUT2D eigenvalue weighted by Crippen LogP contribution is -2.42. The molecule has 2 aliphatic carbocycles. The third-order valence-corrected chi connectivity index (χ3v) is 6.06. The van der Waals surface area contributed by atoms with E-state index in [1.165, 1.54) is 0 Å². The molecule has 136 valence electrons. The van der Waals surface area contributed by atoms with Crippen molar-refractivity contribution in [3.63, 3.8) is 0 Å². The Balaban J connectivity index is 2.13. The smallest absolute Gasteiger partial charge is 0.191 e. The first-order chi connectivity index (χ1) is 13.6. The monoisotopic (exact) mass is 366 g/mol. The van der Waals surface area contributed by atoms with Crippen LogP contribution in [0, 0.1) is 45.3 Å². The quantitative estimate of drug-likeness (QED) is 0.786. The summed E-state index contributed by atoms with van der Waals surface area (Å²) >= 11 is 0. The van der Waals surface area contributed by atoms with Gasteiger partial charge in [-0.15, -0.1) is 0 Å². The molecular formula is C23H18N4O. The Morgan fingerprint density at radius 2 is 1.82 bits per heavy atom. The SMILES string of the molecule is N#CC1=C(N)C(C#N)(C#N)C(c2c(O)ccc3ccccc23)C2CCCC=C12. The number of hydrogen-bond acceptors (Lipinski definition) is 5. The molecule has 2 aromatic rings. The maximum absolute atomic E-state index is 10.8. The number of fused-ring (bicyclic) bond motifs is 2. The summed E-state index contributed by atoms with van der Waals surface area (Å²) in [6, 6.07) is 17.4. The van der Waals surface area contributed by atoms with Crippen molar-refractivity contribution in [2.24, 2.45) is 17.1 Å². The second-order valence-electron chi connectivity index (χ2n) is 7.33. The predicted molar refractivity (Wildman–Crippen MR) is 104 cm³/mol. The number of nitriles is 3. The molecule has 0 aromatic heterocycles. The van der Waals surface area contributed by atoms with Gasteiger partial charge in [0.15, 0.2) is 5.41 Å². The van der Waals surface area contributed by atoms with Crippen LogP contribution in [0.3, 0.4) is 0 Å². The van der Waals surface area contributed by atoms with Gasteiger partial charge in [0.25, 0.3) is 0 Å². The van der Waals surface area contributed by atoms with Gasteiger partial charge < -0.3 is 10.8 Å². The minimum atomic E-state index is -1.72. The van der Waals surface area contributed by atoms with E-state index in [9.17, 15) is 20.9 Å². The third kappa shape index (κ3) is 2.22. The number of hydrogen-bond donors (Lipinski definition) is 2. The molecule has 5 heteroatoms. The van der Waals surface area contributed by atoms with Crippen LogP contribution in [0.5, 0.6) is 5.75 Å². The topological polar surface area (TPSA) is 118 Å². The van der Waals surface area contributed by atoms with Gasteiger partial charge in [0, 0.05) is 11.5 Å². The number of rotatable bonds is 1. The summed E-state index contributed by atoms with van der Waals surface area (Å²) in [6.45, 7) is 0. The minimum absolute atomic E-state index is 0.0123. The number of nitrogens with zero attached hydrogens (tertiary/aromatic N) is 3. The molecule has 3 N–H and O–H groups in total. The second-order valence-corrected chi connectivity index (χ2v) is 7.33. The first-order valence-electron chi connectivity index (χ1n) is 9.23. The molecule has 5 nitrogen and oxygen atoms in total. The highest BCUT2D eigenvalue weighted by molar-refractivity contribution is 5.89. The van der Waals surface area contributed by atoms with Gasteiger partial charge in [-0.2, -0.15) is 15.8 Å². The van der Waals surface area contributed by atoms with Crippen LogP contribution in [0.2, 0.25) is 0 Å². The summed E-state index contributed by atoms with van der Waals surface area (Å²) in [6.07, 6.45) is 4.43. The Labute approximate surface area is 163 Å². The van der Waals surface area contributed by atoms with E-state index >= 15 is 0 Å². The lowest BCUT2D eigenvalue weighted by Gasteiger charge is -2.43. The van der Waals surface area contributed by atoms with Crippen molar-refractivity contribution in [1.29, 1.82) is 15.8 Å². The van der Waals surface area contributed by atoms with E-state index in [2.05, 4.69) is 18.2 Å². The second kappa shape index (κ2) is 6.45. The van der Waals surface area contributed by atoms with Gasteiger partial charge in [-0.1, -0.05) is 36.4 Å². The molecule has 4 rings (SSSR count). The minimum Gasteiger partial charge on any atom is -0.508 e. The van der Waals surface area contributed by atoms with Gasteiger partial charge in [-0.3, -0.25) is 0 Å². The van der Waals surface area contributed by atoms with Gasteiger partial charge >= 0.3 is 0 Å². The Morgan fingerprint density at radius 1 is 1.07 bits per heavy atom. The fourth-order valence-corrected chi connectivity index (χ4v) is 4.80. The van der Waals surface area contributed by atoms with E-state index in [1.54, 1.807) is 6.07 Å². The van der Waals surface area contributed by atoms with Crippen LogP contribution in [0.4, 0.5) is 0 Å². The zero-order valence-corrected chi connectivity index (χ0v) is 15.2. The largest absolute Gasteiger partial charge is 0.508 e. The summed E-state index contributed by atoms with van der Waals surface area (Å²) in [5, 5.41) is 42.5. The highest BCUT2D eigenvalue weighted by Gasteiger charge is 2.54. The molecule has 0 amide bonds. The van der Waals surface area contributed by atoms with Crippen LogP contribution in [-0.2, 0) is 0 Å². The molecule has 0 saturated carbocycles. The summed E-state index contributed by atoms with van der Waals surface area (Å²) in [4.78, 5) is 0. The highest BCUT2D eigenvalue weighted by atomic mass is 16.3. The standard InChI is InChI=1S/C23H18N4O/c24-11-18-16-7-3-4-8-17(16)21(23(12-25,13-26)22(18)27)20-15-6-2-1-5-14(15)9-10-19(20)28/h1-2,5-7,9-10,17,21,28H,3-4,8,27H2. The normalized spacial score (nSPS) is 23.1. The highest BCUT2D eigenvalue weighted by Crippen LogP contribution is 2.58. The Bertz CT molecular complexity index is 1160. The van der Waals surface area contributed by atoms with Crippen LogP contribution in [0.15, 0.2) is 59.3 Å². The molecule has 0 radical (unpaired) electrons. The van der Waals surface area contributed by atoms with E-state index in [4.69, 9.17) is 5.73 Å². The number of phenolic OH excluding ortho intramolecular Hbond substituents is 1. The summed E-state index contributed by atoms with van der Waals surface area (Å²) in [5.41, 5.74) is 6.17. The van der Waals surface area contributed by atoms with E-state index in [1.807, 2.05) is 36.4 Å². The number of aromatic hydroxyl groups is 1. The zero-order valence-electron chi connectivity index (χ0n) is 15.2. The first kappa shape index (κ1) is 17.7. The molecule has 0 aliphatic heterocycles. The van der Waals surface area contributed by atoms with E-state index in [0.29, 0.717) is 5.56 Å². The molecule has 0 saturated heterocycles. The van der Waals surface area contributed by atoms with E-state index < -0.39 is 11.3 Å². The predicted octanol–water partition coefficient (Wildman–Crippen LogP) is 4.14. The van der Waals surface area contributed by atoms with E-state index in [-0.39, 0.29) is 22.9 Å². The van der Waals surface area contributed by atoms with E-state index in [0.717, 1.165) is 35.6 Å². The molecule has 2 atom stereocenters. The molecule has 0 heterocycles. The number of phenols is 1. The molecule has 2 unspecified atom stereocenters. The van der Waals surface area contributed by atoms with Gasteiger partial charge in [-0.25, -0.2) is 0 Å². The van der Waals surface area contributed by atoms with Crippen molar-refractivity contribution in [3.05, 3.63) is 64.9 Å². The average molecular weight is 366 g/mol. The molecular weight excluding hydrogens is 348 g/mol. The van der Waals surface area contributed by atoms with Crippen LogP contribution >= 0.6 is 0 Å². The van der Waals surface area contributed by atoms with Gasteiger partial charge in [0.2, 0.25) is 0 Å². The van der Waals surface area contributed by atoms with Gasteiger partial charge in [0.05, 0.1) is 23.4 Å². The third-order valence-electron chi connectivity index (χ3n) is 6.06. The number of nitrogens with two attached hydrogens (primary N) is 1. The van der Waals surface area contributed by atoms with Crippen molar-refractivity contribution in [2.75, 3.05) is 0 Å². The fraction of sp³-hybridized carbons (Fsp3) is 0.261. The van der Waals surface area contributed by atoms with Gasteiger partial charge in [0.1, 0.15) is 11.8 Å². The lowest BCUT2D eigenvalue weighted by atomic mass is 9.56. The summed E-state index contributed by atoms with van der Waals surface area (Å²) in [7, 11) is 0. The Morgan fingerprint density at radius 3 is 2.54 bits per heavy atom. The molecule has 2 aromatic carbocycles. The summed E-state index contributed by atoms with van der Waals surface area (Å²) < 4.78 is 0. The van der Waals surface area contributed by atoms with Crippen molar-refractivity contribution in [2.45, 2.75) is 25.2 Å².